The first kappa shape index (κ1) is 21.6. The molecular formula is C26H32BrNO2. The normalized spacial score (nSPS) is 27.9. The molecule has 0 radical (unpaired) electrons. The molecule has 30 heavy (non-hydrogen) atoms. The predicted molar refractivity (Wildman–Crippen MR) is 127 cm³/mol. The minimum atomic E-state index is -0.890. The summed E-state index contributed by atoms with van der Waals surface area (Å²) < 4.78 is 7.58. The van der Waals surface area contributed by atoms with Gasteiger partial charge in [-0.1, -0.05) is 56.9 Å². The Morgan fingerprint density at radius 1 is 1.30 bits per heavy atom. The van der Waals surface area contributed by atoms with Gasteiger partial charge in [0.15, 0.2) is 5.60 Å². The highest BCUT2D eigenvalue weighted by molar-refractivity contribution is 9.10. The van der Waals surface area contributed by atoms with Crippen molar-refractivity contribution < 1.29 is 9.53 Å². The van der Waals surface area contributed by atoms with E-state index in [1.807, 2.05) is 17.0 Å². The van der Waals surface area contributed by atoms with Gasteiger partial charge in [-0.3, -0.25) is 4.79 Å². The molecule has 160 valence electrons. The second-order valence-electron chi connectivity index (χ2n) is 9.20. The molecule has 1 saturated heterocycles. The van der Waals surface area contributed by atoms with E-state index in [2.05, 4.69) is 67.9 Å². The maximum Gasteiger partial charge on any atom is 0.264 e. The van der Waals surface area contributed by atoms with Gasteiger partial charge in [0.1, 0.15) is 0 Å². The second kappa shape index (κ2) is 8.47. The fourth-order valence-corrected chi connectivity index (χ4v) is 5.95. The summed E-state index contributed by atoms with van der Waals surface area (Å²) in [5, 5.41) is 0. The van der Waals surface area contributed by atoms with Gasteiger partial charge in [0.25, 0.3) is 5.91 Å². The zero-order chi connectivity index (χ0) is 21.5. The number of hydrogen-bond acceptors (Lipinski definition) is 2. The fourth-order valence-electron chi connectivity index (χ4n) is 5.30. The van der Waals surface area contributed by atoms with Crippen LogP contribution in [0.25, 0.3) is 0 Å². The molecule has 0 aromatic heterocycles. The molecule has 0 saturated carbocycles. The number of carbonyl (C=O) groups is 1. The SMILES string of the molecule is CC(C)=CCCC(C)=CCN1C(=O)C2(OC(C)CC3=CCCC32)c2c(Br)cccc21. The number of hydrogen-bond donors (Lipinski definition) is 0. The largest absolute Gasteiger partial charge is 0.356 e. The molecule has 3 atom stereocenters. The highest BCUT2D eigenvalue weighted by Gasteiger charge is 2.61. The van der Waals surface area contributed by atoms with Crippen molar-refractivity contribution in [1.29, 1.82) is 0 Å². The Morgan fingerprint density at radius 3 is 2.87 bits per heavy atom. The van der Waals surface area contributed by atoms with Crippen LogP contribution in [0.15, 0.2) is 57.6 Å². The van der Waals surface area contributed by atoms with Crippen molar-refractivity contribution in [2.24, 2.45) is 5.92 Å². The van der Waals surface area contributed by atoms with E-state index < -0.39 is 5.60 Å². The topological polar surface area (TPSA) is 29.5 Å². The monoisotopic (exact) mass is 469 g/mol. The Balaban J connectivity index is 1.68. The molecule has 0 bridgehead atoms. The molecule has 2 aliphatic heterocycles. The van der Waals surface area contributed by atoms with Crippen LogP contribution in [0.4, 0.5) is 5.69 Å². The third-order valence-corrected chi connectivity index (χ3v) is 7.30. The van der Waals surface area contributed by atoms with E-state index in [-0.39, 0.29) is 17.9 Å². The number of amides is 1. The molecule has 1 aromatic carbocycles. The first-order chi connectivity index (χ1) is 14.3. The number of benzene rings is 1. The van der Waals surface area contributed by atoms with Gasteiger partial charge in [0.05, 0.1) is 11.8 Å². The maximum absolute atomic E-state index is 14.0. The number of carbonyl (C=O) groups excluding carboxylic acids is 1. The summed E-state index contributed by atoms with van der Waals surface area (Å²) in [5.74, 6) is 0.244. The molecule has 1 amide bonds. The summed E-state index contributed by atoms with van der Waals surface area (Å²) in [4.78, 5) is 16.0. The zero-order valence-electron chi connectivity index (χ0n) is 18.5. The molecule has 1 fully saturated rings. The Bertz CT molecular complexity index is 940. The minimum absolute atomic E-state index is 0.0378. The van der Waals surface area contributed by atoms with Gasteiger partial charge in [-0.2, -0.15) is 0 Å². The first-order valence-corrected chi connectivity index (χ1v) is 11.9. The molecule has 4 rings (SSSR count). The Hall–Kier alpha value is -1.65. The first-order valence-electron chi connectivity index (χ1n) is 11.1. The zero-order valence-corrected chi connectivity index (χ0v) is 20.1. The Kier molecular flexibility index (Phi) is 6.09. The molecule has 1 aromatic rings. The Morgan fingerprint density at radius 2 is 2.10 bits per heavy atom. The van der Waals surface area contributed by atoms with Crippen LogP contribution in [-0.2, 0) is 15.1 Å². The van der Waals surface area contributed by atoms with Gasteiger partial charge < -0.3 is 9.64 Å². The van der Waals surface area contributed by atoms with Crippen LogP contribution in [0.2, 0.25) is 0 Å². The number of anilines is 1. The average Bonchev–Trinajstić information content (AvgIpc) is 3.23. The predicted octanol–water partition coefficient (Wildman–Crippen LogP) is 6.83. The van der Waals surface area contributed by atoms with E-state index in [0.717, 1.165) is 47.8 Å². The lowest BCUT2D eigenvalue weighted by Gasteiger charge is -2.43. The fraction of sp³-hybridized carbons (Fsp3) is 0.500. The third kappa shape index (κ3) is 3.62. The van der Waals surface area contributed by atoms with Crippen LogP contribution in [0.5, 0.6) is 0 Å². The van der Waals surface area contributed by atoms with Crippen LogP contribution < -0.4 is 4.90 Å². The second-order valence-corrected chi connectivity index (χ2v) is 10.1. The van der Waals surface area contributed by atoms with E-state index in [9.17, 15) is 4.79 Å². The lowest BCUT2D eigenvalue weighted by Crippen LogP contribution is -2.52. The van der Waals surface area contributed by atoms with Crippen LogP contribution in [-0.4, -0.2) is 18.6 Å². The van der Waals surface area contributed by atoms with Crippen LogP contribution in [0.1, 0.15) is 65.4 Å². The van der Waals surface area contributed by atoms with Gasteiger partial charge in [0.2, 0.25) is 0 Å². The number of allylic oxidation sites excluding steroid dienone is 4. The molecule has 3 unspecified atom stereocenters. The summed E-state index contributed by atoms with van der Waals surface area (Å²) in [6.07, 6.45) is 11.9. The maximum atomic E-state index is 14.0. The molecule has 0 N–H and O–H groups in total. The van der Waals surface area contributed by atoms with Crippen LogP contribution in [0, 0.1) is 5.92 Å². The number of fused-ring (bicyclic) bond motifs is 4. The Labute approximate surface area is 189 Å². The van der Waals surface area contributed by atoms with Gasteiger partial charge in [0, 0.05) is 22.5 Å². The molecule has 2 heterocycles. The summed E-state index contributed by atoms with van der Waals surface area (Å²) in [7, 11) is 0. The smallest absolute Gasteiger partial charge is 0.264 e. The average molecular weight is 470 g/mol. The van der Waals surface area contributed by atoms with Crippen molar-refractivity contribution >= 4 is 27.5 Å². The van der Waals surface area contributed by atoms with E-state index in [0.29, 0.717) is 6.54 Å². The summed E-state index contributed by atoms with van der Waals surface area (Å²) >= 11 is 3.76. The molecule has 1 spiro atoms. The van der Waals surface area contributed by atoms with Crippen molar-refractivity contribution in [3.8, 4) is 0 Å². The van der Waals surface area contributed by atoms with E-state index in [1.165, 1.54) is 16.7 Å². The van der Waals surface area contributed by atoms with Crippen molar-refractivity contribution in [3.63, 3.8) is 0 Å². The molecule has 3 aliphatic rings. The van der Waals surface area contributed by atoms with Crippen molar-refractivity contribution in [1.82, 2.24) is 0 Å². The van der Waals surface area contributed by atoms with Gasteiger partial charge in [-0.05, 0) is 71.9 Å². The molecule has 4 heteroatoms. The lowest BCUT2D eigenvalue weighted by atomic mass is 9.74. The third-order valence-electron chi connectivity index (χ3n) is 6.64. The highest BCUT2D eigenvalue weighted by Crippen LogP contribution is 2.58. The number of halogens is 1. The minimum Gasteiger partial charge on any atom is -0.356 e. The van der Waals surface area contributed by atoms with Crippen molar-refractivity contribution in [3.05, 3.63) is 63.2 Å². The van der Waals surface area contributed by atoms with Crippen molar-refractivity contribution in [2.45, 2.75) is 71.5 Å². The van der Waals surface area contributed by atoms with E-state index >= 15 is 0 Å². The summed E-state index contributed by atoms with van der Waals surface area (Å²) in [5.41, 5.74) is 5.19. The van der Waals surface area contributed by atoms with Gasteiger partial charge in [-0.15, -0.1) is 0 Å². The number of ether oxygens (including phenoxy) is 1. The highest BCUT2D eigenvalue weighted by atomic mass is 79.9. The van der Waals surface area contributed by atoms with E-state index in [1.54, 1.807) is 0 Å². The number of nitrogens with zero attached hydrogens (tertiary/aromatic N) is 1. The molecule has 3 nitrogen and oxygen atoms in total. The van der Waals surface area contributed by atoms with Crippen LogP contribution in [0.3, 0.4) is 0 Å². The lowest BCUT2D eigenvalue weighted by molar-refractivity contribution is -0.168. The standard InChI is InChI=1S/C26H32BrNO2/c1-17(2)8-5-9-18(3)14-15-28-23-13-7-12-22(27)24(23)26(25(28)29)21-11-6-10-20(21)16-19(4)30-26/h7-8,10,12-14,19,21H,5-6,9,11,15-16H2,1-4H3. The van der Waals surface area contributed by atoms with Crippen LogP contribution >= 0.6 is 15.9 Å². The van der Waals surface area contributed by atoms with E-state index in [4.69, 9.17) is 4.74 Å². The van der Waals surface area contributed by atoms with Gasteiger partial charge in [-0.25, -0.2) is 0 Å². The van der Waals surface area contributed by atoms with Crippen molar-refractivity contribution in [2.75, 3.05) is 11.4 Å². The number of rotatable bonds is 5. The van der Waals surface area contributed by atoms with Gasteiger partial charge >= 0.3 is 0 Å². The molecule has 1 aliphatic carbocycles. The summed E-state index contributed by atoms with van der Waals surface area (Å²) in [6, 6.07) is 6.13. The summed E-state index contributed by atoms with van der Waals surface area (Å²) in [6.45, 7) is 9.11. The molecular weight excluding hydrogens is 438 g/mol. The quantitative estimate of drug-likeness (QED) is 0.442.